The lowest BCUT2D eigenvalue weighted by Gasteiger charge is -2.19. The van der Waals surface area contributed by atoms with Crippen molar-refractivity contribution in [1.82, 2.24) is 4.90 Å². The molecule has 0 aliphatic heterocycles. The van der Waals surface area contributed by atoms with E-state index >= 15 is 0 Å². The summed E-state index contributed by atoms with van der Waals surface area (Å²) in [6.07, 6.45) is 0. The number of benzene rings is 2. The predicted molar refractivity (Wildman–Crippen MR) is 110 cm³/mol. The van der Waals surface area contributed by atoms with E-state index in [9.17, 15) is 13.2 Å². The van der Waals surface area contributed by atoms with Crippen LogP contribution in [0.3, 0.4) is 0 Å². The van der Waals surface area contributed by atoms with Crippen molar-refractivity contribution in [2.24, 2.45) is 0 Å². The number of nitrogens with zero attached hydrogens (tertiary/aromatic N) is 1. The highest BCUT2D eigenvalue weighted by Gasteiger charge is 2.23. The summed E-state index contributed by atoms with van der Waals surface area (Å²) in [5.41, 5.74) is 4.19. The molecule has 0 unspecified atom stereocenters. The summed E-state index contributed by atoms with van der Waals surface area (Å²) in [6, 6.07) is 8.63. The minimum absolute atomic E-state index is 0.111. The van der Waals surface area contributed by atoms with Crippen molar-refractivity contribution >= 4 is 21.6 Å². The lowest BCUT2D eigenvalue weighted by Crippen LogP contribution is -2.30. The van der Waals surface area contributed by atoms with Gasteiger partial charge in [0, 0.05) is 24.3 Å². The molecule has 0 bridgehead atoms. The molecule has 2 aromatic carbocycles. The molecule has 146 valence electrons. The van der Waals surface area contributed by atoms with Crippen LogP contribution in [0, 0.1) is 27.7 Å². The fourth-order valence-corrected chi connectivity index (χ4v) is 4.87. The number of hydrogen-bond acceptors (Lipinski definition) is 3. The van der Waals surface area contributed by atoms with Crippen LogP contribution in [0.4, 0.5) is 5.69 Å². The van der Waals surface area contributed by atoms with Crippen LogP contribution in [-0.4, -0.2) is 32.3 Å². The van der Waals surface area contributed by atoms with E-state index in [2.05, 4.69) is 4.72 Å². The molecule has 0 aliphatic carbocycles. The number of nitrogens with one attached hydrogen (secondary N) is 1. The summed E-state index contributed by atoms with van der Waals surface area (Å²) in [5.74, 6) is -0.111. The largest absolute Gasteiger partial charge is 0.339 e. The first-order valence-corrected chi connectivity index (χ1v) is 10.6. The van der Waals surface area contributed by atoms with Crippen LogP contribution in [0.15, 0.2) is 35.2 Å². The first-order valence-electron chi connectivity index (χ1n) is 9.11. The Morgan fingerprint density at radius 3 is 2.04 bits per heavy atom. The monoisotopic (exact) mass is 388 g/mol. The van der Waals surface area contributed by atoms with Crippen molar-refractivity contribution < 1.29 is 13.2 Å². The van der Waals surface area contributed by atoms with Gasteiger partial charge in [-0.3, -0.25) is 9.52 Å². The van der Waals surface area contributed by atoms with Gasteiger partial charge in [-0.05, 0) is 82.0 Å². The second kappa shape index (κ2) is 8.13. The molecule has 0 heterocycles. The molecule has 1 N–H and O–H groups in total. The average molecular weight is 389 g/mol. The van der Waals surface area contributed by atoms with Crippen molar-refractivity contribution in [3.63, 3.8) is 0 Å². The van der Waals surface area contributed by atoms with Gasteiger partial charge >= 0.3 is 0 Å². The van der Waals surface area contributed by atoms with Crippen molar-refractivity contribution in [2.45, 2.75) is 46.4 Å². The van der Waals surface area contributed by atoms with Gasteiger partial charge < -0.3 is 4.90 Å². The van der Waals surface area contributed by atoms with E-state index < -0.39 is 10.0 Å². The van der Waals surface area contributed by atoms with Crippen LogP contribution in [0.2, 0.25) is 0 Å². The second-order valence-corrected chi connectivity index (χ2v) is 8.37. The summed E-state index contributed by atoms with van der Waals surface area (Å²) in [6.45, 7) is 12.5. The lowest BCUT2D eigenvalue weighted by molar-refractivity contribution is 0.0773. The molecule has 2 aromatic rings. The number of carbonyl (C=O) groups is 1. The number of hydrogen-bond donors (Lipinski definition) is 1. The Morgan fingerprint density at radius 2 is 1.52 bits per heavy atom. The van der Waals surface area contributed by atoms with Gasteiger partial charge in [-0.25, -0.2) is 8.42 Å². The average Bonchev–Trinajstić information content (AvgIpc) is 2.60. The number of carbonyl (C=O) groups excluding carboxylic acids is 1. The summed E-state index contributed by atoms with van der Waals surface area (Å²) < 4.78 is 28.8. The fourth-order valence-electron chi connectivity index (χ4n) is 3.20. The molecule has 0 saturated carbocycles. The maximum Gasteiger partial charge on any atom is 0.262 e. The van der Waals surface area contributed by atoms with Crippen molar-refractivity contribution in [2.75, 3.05) is 17.8 Å². The number of rotatable bonds is 6. The highest BCUT2D eigenvalue weighted by atomic mass is 32.2. The first-order chi connectivity index (χ1) is 12.6. The van der Waals surface area contributed by atoms with E-state index in [0.717, 1.165) is 22.3 Å². The van der Waals surface area contributed by atoms with Gasteiger partial charge in [-0.15, -0.1) is 0 Å². The van der Waals surface area contributed by atoms with Crippen LogP contribution < -0.4 is 4.72 Å². The highest BCUT2D eigenvalue weighted by molar-refractivity contribution is 7.92. The third-order valence-corrected chi connectivity index (χ3v) is 6.63. The Bertz CT molecular complexity index is 935. The summed E-state index contributed by atoms with van der Waals surface area (Å²) in [7, 11) is -3.77. The molecule has 0 fully saturated rings. The zero-order chi connectivity index (χ0) is 20.4. The molecule has 5 nitrogen and oxygen atoms in total. The SMILES string of the molecule is CCN(CC)C(=O)c1cccc(NS(=O)(=O)c2c(C)c(C)cc(C)c2C)c1. The molecule has 1 amide bonds. The van der Waals surface area contributed by atoms with Crippen molar-refractivity contribution in [3.05, 3.63) is 58.1 Å². The van der Waals surface area contributed by atoms with Gasteiger partial charge in [0.25, 0.3) is 15.9 Å². The molecular weight excluding hydrogens is 360 g/mol. The van der Waals surface area contributed by atoms with Crippen molar-refractivity contribution in [3.8, 4) is 0 Å². The Labute approximate surface area is 162 Å². The zero-order valence-corrected chi connectivity index (χ0v) is 17.7. The van der Waals surface area contributed by atoms with E-state index in [4.69, 9.17) is 0 Å². The maximum absolute atomic E-state index is 13.1. The van der Waals surface area contributed by atoms with Gasteiger partial charge in [0.15, 0.2) is 0 Å². The molecular formula is C21H28N2O3S. The first kappa shape index (κ1) is 21.0. The zero-order valence-electron chi connectivity index (χ0n) is 16.9. The summed E-state index contributed by atoms with van der Waals surface area (Å²) in [4.78, 5) is 14.5. The van der Waals surface area contributed by atoms with Crippen LogP contribution in [0.25, 0.3) is 0 Å². The van der Waals surface area contributed by atoms with Gasteiger partial charge in [0.1, 0.15) is 0 Å². The standard InChI is InChI=1S/C21H28N2O3S/c1-7-23(8-2)21(24)18-10-9-11-19(13-18)22-27(25,26)20-16(5)14(3)12-15(4)17(20)6/h9-13,22H,7-8H2,1-6H3. The fraction of sp³-hybridized carbons (Fsp3) is 0.381. The third kappa shape index (κ3) is 4.33. The van der Waals surface area contributed by atoms with E-state index in [-0.39, 0.29) is 5.91 Å². The van der Waals surface area contributed by atoms with Gasteiger partial charge in [-0.1, -0.05) is 12.1 Å². The Balaban J connectivity index is 2.43. The molecule has 27 heavy (non-hydrogen) atoms. The molecule has 0 radical (unpaired) electrons. The highest BCUT2D eigenvalue weighted by Crippen LogP contribution is 2.28. The van der Waals surface area contributed by atoms with E-state index in [1.165, 1.54) is 0 Å². The smallest absolute Gasteiger partial charge is 0.262 e. The molecule has 0 spiro atoms. The van der Waals surface area contributed by atoms with Gasteiger partial charge in [-0.2, -0.15) is 0 Å². The minimum atomic E-state index is -3.77. The Kier molecular flexibility index (Phi) is 6.31. The Hall–Kier alpha value is -2.34. The molecule has 0 aliphatic rings. The summed E-state index contributed by atoms with van der Waals surface area (Å²) >= 11 is 0. The number of anilines is 1. The second-order valence-electron chi connectivity index (χ2n) is 6.75. The normalized spacial score (nSPS) is 11.3. The van der Waals surface area contributed by atoms with Crippen LogP contribution in [0.5, 0.6) is 0 Å². The van der Waals surface area contributed by atoms with Gasteiger partial charge in [0.2, 0.25) is 0 Å². The molecule has 0 saturated heterocycles. The van der Waals surface area contributed by atoms with Crippen LogP contribution >= 0.6 is 0 Å². The van der Waals surface area contributed by atoms with E-state index in [1.807, 2.05) is 47.6 Å². The van der Waals surface area contributed by atoms with Crippen molar-refractivity contribution in [1.29, 1.82) is 0 Å². The van der Waals surface area contributed by atoms with E-state index in [0.29, 0.717) is 29.2 Å². The van der Waals surface area contributed by atoms with E-state index in [1.54, 1.807) is 29.2 Å². The maximum atomic E-state index is 13.1. The summed E-state index contributed by atoms with van der Waals surface area (Å²) in [5, 5.41) is 0. The van der Waals surface area contributed by atoms with Gasteiger partial charge in [0.05, 0.1) is 4.90 Å². The topological polar surface area (TPSA) is 66.5 Å². The molecule has 0 aromatic heterocycles. The third-order valence-electron chi connectivity index (χ3n) is 4.98. The molecule has 2 rings (SSSR count). The number of sulfonamides is 1. The Morgan fingerprint density at radius 1 is 0.963 bits per heavy atom. The number of amides is 1. The molecule has 0 atom stereocenters. The quantitative estimate of drug-likeness (QED) is 0.806. The molecule has 6 heteroatoms. The van der Waals surface area contributed by atoms with Crippen LogP contribution in [-0.2, 0) is 10.0 Å². The van der Waals surface area contributed by atoms with Crippen LogP contribution in [0.1, 0.15) is 46.5 Å². The lowest BCUT2D eigenvalue weighted by atomic mass is 10.0. The minimum Gasteiger partial charge on any atom is -0.339 e. The number of aryl methyl sites for hydroxylation is 2. The predicted octanol–water partition coefficient (Wildman–Crippen LogP) is 4.20.